The van der Waals surface area contributed by atoms with E-state index >= 15 is 0 Å². The Kier molecular flexibility index (Phi) is 3.17. The Morgan fingerprint density at radius 2 is 1.96 bits per heavy atom. The van der Waals surface area contributed by atoms with Crippen molar-refractivity contribution in [3.63, 3.8) is 0 Å². The number of H-pyrrole nitrogens is 1. The summed E-state index contributed by atoms with van der Waals surface area (Å²) in [6.07, 6.45) is 1.65. The molecule has 6 heteroatoms. The maximum Gasteiger partial charge on any atom is 0.247 e. The Morgan fingerprint density at radius 3 is 2.74 bits per heavy atom. The summed E-state index contributed by atoms with van der Waals surface area (Å²) in [6, 6.07) is 12.0. The molecule has 0 saturated carbocycles. The van der Waals surface area contributed by atoms with Gasteiger partial charge in [0.1, 0.15) is 5.75 Å². The van der Waals surface area contributed by atoms with Gasteiger partial charge < -0.3 is 10.1 Å². The molecule has 0 aliphatic rings. The van der Waals surface area contributed by atoms with E-state index in [0.29, 0.717) is 5.82 Å². The molecule has 0 spiro atoms. The Labute approximate surface area is 134 Å². The largest absolute Gasteiger partial charge is 0.508 e. The molecular weight excluding hydrogens is 310 g/mol. The second-order valence-corrected chi connectivity index (χ2v) is 5.94. The van der Waals surface area contributed by atoms with Crippen molar-refractivity contribution in [3.8, 4) is 28.4 Å². The topological polar surface area (TPSA) is 78.9 Å². The molecule has 0 aliphatic heterocycles. The zero-order valence-electron chi connectivity index (χ0n) is 11.9. The highest BCUT2D eigenvalue weighted by atomic mass is 32.1. The molecule has 0 fully saturated rings. The number of nitrogens with one attached hydrogen (secondary N) is 1. The second kappa shape index (κ2) is 5.33. The van der Waals surface area contributed by atoms with Gasteiger partial charge in [0.25, 0.3) is 0 Å². The van der Waals surface area contributed by atoms with Crippen molar-refractivity contribution in [1.29, 1.82) is 0 Å². The summed E-state index contributed by atoms with van der Waals surface area (Å²) in [4.78, 5) is 23.2. The highest BCUT2D eigenvalue weighted by Crippen LogP contribution is 2.32. The first kappa shape index (κ1) is 13.7. The number of phenolic OH excluding ortho intramolecular Hbond substituents is 1. The lowest BCUT2D eigenvalue weighted by Gasteiger charge is -2.06. The van der Waals surface area contributed by atoms with Gasteiger partial charge in [0.2, 0.25) is 5.56 Å². The summed E-state index contributed by atoms with van der Waals surface area (Å²) in [5.41, 5.74) is 3.01. The predicted molar refractivity (Wildman–Crippen MR) is 90.6 cm³/mol. The summed E-state index contributed by atoms with van der Waals surface area (Å²) >= 11 is 1.55. The number of pyridine rings is 1. The minimum Gasteiger partial charge on any atom is -0.508 e. The van der Waals surface area contributed by atoms with E-state index in [1.807, 2.05) is 17.5 Å². The molecule has 23 heavy (non-hydrogen) atoms. The highest BCUT2D eigenvalue weighted by Gasteiger charge is 2.12. The molecule has 3 heterocycles. The second-order valence-electron chi connectivity index (χ2n) is 5.02. The number of aromatic nitrogens is 3. The molecule has 5 nitrogen and oxygen atoms in total. The van der Waals surface area contributed by atoms with Crippen LogP contribution < -0.4 is 5.56 Å². The van der Waals surface area contributed by atoms with Gasteiger partial charge in [-0.3, -0.25) is 4.79 Å². The van der Waals surface area contributed by atoms with Crippen LogP contribution in [-0.2, 0) is 0 Å². The standard InChI is InChI=1S/C17H11N3O2S/c21-12-3-1-2-10(8-12)17-19-13-6-7-23-16(13)15(20-17)11-4-5-14(22)18-9-11/h1-9,21H,(H,18,22). The van der Waals surface area contributed by atoms with Gasteiger partial charge in [-0.1, -0.05) is 12.1 Å². The maximum atomic E-state index is 11.3. The third kappa shape index (κ3) is 2.49. The third-order valence-corrected chi connectivity index (χ3v) is 4.38. The van der Waals surface area contributed by atoms with Crippen LogP contribution in [0.4, 0.5) is 0 Å². The summed E-state index contributed by atoms with van der Waals surface area (Å²) < 4.78 is 0.959. The van der Waals surface area contributed by atoms with E-state index in [2.05, 4.69) is 15.0 Å². The molecule has 0 bridgehead atoms. The van der Waals surface area contributed by atoms with Crippen molar-refractivity contribution in [1.82, 2.24) is 15.0 Å². The number of fused-ring (bicyclic) bond motifs is 1. The summed E-state index contributed by atoms with van der Waals surface area (Å²) in [7, 11) is 0. The SMILES string of the molecule is O=c1ccc(-c2nc(-c3cccc(O)c3)nc3ccsc23)c[nH]1. The van der Waals surface area contributed by atoms with Crippen LogP contribution in [0.5, 0.6) is 5.75 Å². The molecule has 0 unspecified atom stereocenters. The summed E-state index contributed by atoms with van der Waals surface area (Å²) in [5.74, 6) is 0.704. The number of hydrogen-bond acceptors (Lipinski definition) is 5. The fraction of sp³-hybridized carbons (Fsp3) is 0. The van der Waals surface area contributed by atoms with E-state index in [9.17, 15) is 9.90 Å². The lowest BCUT2D eigenvalue weighted by atomic mass is 10.1. The van der Waals surface area contributed by atoms with E-state index in [4.69, 9.17) is 0 Å². The van der Waals surface area contributed by atoms with E-state index in [-0.39, 0.29) is 11.3 Å². The van der Waals surface area contributed by atoms with Gasteiger partial charge >= 0.3 is 0 Å². The number of rotatable bonds is 2. The Balaban J connectivity index is 1.98. The van der Waals surface area contributed by atoms with Gasteiger partial charge in [-0.25, -0.2) is 9.97 Å². The molecule has 0 radical (unpaired) electrons. The Hall–Kier alpha value is -2.99. The van der Waals surface area contributed by atoms with Gasteiger partial charge in [0, 0.05) is 23.4 Å². The lowest BCUT2D eigenvalue weighted by Crippen LogP contribution is -2.02. The van der Waals surface area contributed by atoms with Crippen LogP contribution in [0.15, 0.2) is 58.8 Å². The number of aromatic amines is 1. The zero-order chi connectivity index (χ0) is 15.8. The van der Waals surface area contributed by atoms with Crippen LogP contribution in [0.25, 0.3) is 32.9 Å². The fourth-order valence-electron chi connectivity index (χ4n) is 2.39. The van der Waals surface area contributed by atoms with E-state index in [0.717, 1.165) is 27.0 Å². The average molecular weight is 321 g/mol. The van der Waals surface area contributed by atoms with Crippen molar-refractivity contribution in [2.45, 2.75) is 0 Å². The molecule has 4 rings (SSSR count). The van der Waals surface area contributed by atoms with Crippen LogP contribution in [-0.4, -0.2) is 20.1 Å². The van der Waals surface area contributed by atoms with E-state index < -0.39 is 0 Å². The normalized spacial score (nSPS) is 11.0. The molecule has 0 saturated heterocycles. The van der Waals surface area contributed by atoms with Crippen molar-refractivity contribution in [2.24, 2.45) is 0 Å². The van der Waals surface area contributed by atoms with Crippen molar-refractivity contribution in [3.05, 3.63) is 64.4 Å². The number of hydrogen-bond donors (Lipinski definition) is 2. The molecule has 2 N–H and O–H groups in total. The quantitative estimate of drug-likeness (QED) is 0.593. The zero-order valence-corrected chi connectivity index (χ0v) is 12.7. The van der Waals surface area contributed by atoms with Crippen LogP contribution in [0.3, 0.4) is 0 Å². The van der Waals surface area contributed by atoms with Gasteiger partial charge in [-0.15, -0.1) is 11.3 Å². The third-order valence-electron chi connectivity index (χ3n) is 3.47. The Morgan fingerprint density at radius 1 is 1.04 bits per heavy atom. The van der Waals surface area contributed by atoms with Gasteiger partial charge in [-0.05, 0) is 29.6 Å². The number of thiophene rings is 1. The van der Waals surface area contributed by atoms with Crippen LogP contribution in [0.2, 0.25) is 0 Å². The number of benzene rings is 1. The van der Waals surface area contributed by atoms with Crippen LogP contribution in [0.1, 0.15) is 0 Å². The molecule has 0 aliphatic carbocycles. The molecule has 0 amide bonds. The molecule has 3 aromatic heterocycles. The predicted octanol–water partition coefficient (Wildman–Crippen LogP) is 3.42. The first-order valence-corrected chi connectivity index (χ1v) is 7.82. The monoisotopic (exact) mass is 321 g/mol. The molecule has 112 valence electrons. The van der Waals surface area contributed by atoms with Crippen LogP contribution >= 0.6 is 11.3 Å². The average Bonchev–Trinajstić information content (AvgIpc) is 3.03. The van der Waals surface area contributed by atoms with Crippen molar-refractivity contribution >= 4 is 21.6 Å². The van der Waals surface area contributed by atoms with Crippen molar-refractivity contribution < 1.29 is 5.11 Å². The fourth-order valence-corrected chi connectivity index (χ4v) is 3.23. The number of phenols is 1. The highest BCUT2D eigenvalue weighted by molar-refractivity contribution is 7.17. The van der Waals surface area contributed by atoms with E-state index in [1.165, 1.54) is 6.07 Å². The first-order valence-electron chi connectivity index (χ1n) is 6.94. The minimum atomic E-state index is -0.154. The first-order chi connectivity index (χ1) is 11.2. The molecular formula is C17H11N3O2S. The Bertz CT molecular complexity index is 1050. The van der Waals surface area contributed by atoms with Gasteiger partial charge in [-0.2, -0.15) is 0 Å². The van der Waals surface area contributed by atoms with E-state index in [1.54, 1.807) is 41.8 Å². The number of aromatic hydroxyl groups is 1. The molecule has 4 aromatic rings. The van der Waals surface area contributed by atoms with Gasteiger partial charge in [0.05, 0.1) is 15.9 Å². The lowest BCUT2D eigenvalue weighted by molar-refractivity contribution is 0.475. The summed E-state index contributed by atoms with van der Waals surface area (Å²) in [5, 5.41) is 11.6. The van der Waals surface area contributed by atoms with Crippen molar-refractivity contribution in [2.75, 3.05) is 0 Å². The summed E-state index contributed by atoms with van der Waals surface area (Å²) in [6.45, 7) is 0. The van der Waals surface area contributed by atoms with Gasteiger partial charge in [0.15, 0.2) is 5.82 Å². The minimum absolute atomic E-state index is 0.154. The molecule has 1 aromatic carbocycles. The maximum absolute atomic E-state index is 11.3. The smallest absolute Gasteiger partial charge is 0.247 e. The van der Waals surface area contributed by atoms with Crippen LogP contribution in [0, 0.1) is 0 Å². The number of nitrogens with zero attached hydrogens (tertiary/aromatic N) is 2. The molecule has 0 atom stereocenters.